The zero-order chi connectivity index (χ0) is 9.97. The summed E-state index contributed by atoms with van der Waals surface area (Å²) in [6.07, 6.45) is 6.93. The third-order valence-electron chi connectivity index (χ3n) is 4.02. The van der Waals surface area contributed by atoms with E-state index in [9.17, 15) is 0 Å². The van der Waals surface area contributed by atoms with Crippen molar-refractivity contribution in [3.8, 4) is 0 Å². The second-order valence-electron chi connectivity index (χ2n) is 4.98. The highest BCUT2D eigenvalue weighted by Gasteiger charge is 2.31. The molecule has 2 rings (SSSR count). The fraction of sp³-hybridized carbons (Fsp3) is 1.00. The maximum Gasteiger partial charge on any atom is 0.0195 e. The summed E-state index contributed by atoms with van der Waals surface area (Å²) in [5.41, 5.74) is 0. The molecule has 2 aliphatic heterocycles. The van der Waals surface area contributed by atoms with Crippen molar-refractivity contribution in [1.82, 2.24) is 10.2 Å². The fourth-order valence-corrected chi connectivity index (χ4v) is 3.06. The molecule has 82 valence electrons. The van der Waals surface area contributed by atoms with E-state index in [2.05, 4.69) is 24.1 Å². The second kappa shape index (κ2) is 4.63. The Morgan fingerprint density at radius 2 is 2.14 bits per heavy atom. The maximum atomic E-state index is 3.61. The lowest BCUT2D eigenvalue weighted by Crippen LogP contribution is -2.43. The number of nitrogens with one attached hydrogen (secondary N) is 1. The molecule has 0 aliphatic carbocycles. The van der Waals surface area contributed by atoms with Crippen LogP contribution in [0.25, 0.3) is 0 Å². The molecule has 2 fully saturated rings. The van der Waals surface area contributed by atoms with E-state index in [0.717, 1.165) is 18.1 Å². The van der Waals surface area contributed by atoms with Crippen LogP contribution in [-0.2, 0) is 0 Å². The highest BCUT2D eigenvalue weighted by atomic mass is 15.2. The standard InChI is InChI=1S/C12H24N2/c1-3-12-7-6-10(2)14(12)9-11-5-4-8-13-11/h10-13H,3-9H2,1-2H3. The molecule has 14 heavy (non-hydrogen) atoms. The number of nitrogens with zero attached hydrogens (tertiary/aromatic N) is 1. The van der Waals surface area contributed by atoms with Gasteiger partial charge in [0.2, 0.25) is 0 Å². The van der Waals surface area contributed by atoms with Gasteiger partial charge in [0.25, 0.3) is 0 Å². The van der Waals surface area contributed by atoms with E-state index in [0.29, 0.717) is 0 Å². The fourth-order valence-electron chi connectivity index (χ4n) is 3.06. The Morgan fingerprint density at radius 3 is 2.79 bits per heavy atom. The third kappa shape index (κ3) is 2.12. The molecule has 2 aliphatic rings. The van der Waals surface area contributed by atoms with Crippen LogP contribution in [-0.4, -0.2) is 36.1 Å². The normalized spacial score (nSPS) is 39.4. The Bertz CT molecular complexity index is 175. The van der Waals surface area contributed by atoms with Crippen molar-refractivity contribution in [3.63, 3.8) is 0 Å². The monoisotopic (exact) mass is 196 g/mol. The van der Waals surface area contributed by atoms with Gasteiger partial charge >= 0.3 is 0 Å². The minimum Gasteiger partial charge on any atom is -0.313 e. The summed E-state index contributed by atoms with van der Waals surface area (Å²) in [6, 6.07) is 2.47. The Labute approximate surface area is 88.1 Å². The molecule has 0 bridgehead atoms. The van der Waals surface area contributed by atoms with Crippen LogP contribution in [0.2, 0.25) is 0 Å². The van der Waals surface area contributed by atoms with Crippen LogP contribution in [0.3, 0.4) is 0 Å². The van der Waals surface area contributed by atoms with Crippen molar-refractivity contribution >= 4 is 0 Å². The third-order valence-corrected chi connectivity index (χ3v) is 4.02. The number of hydrogen-bond acceptors (Lipinski definition) is 2. The molecular weight excluding hydrogens is 172 g/mol. The summed E-state index contributed by atoms with van der Waals surface area (Å²) in [5.74, 6) is 0. The average Bonchev–Trinajstić information content (AvgIpc) is 2.79. The van der Waals surface area contributed by atoms with E-state index in [-0.39, 0.29) is 0 Å². The molecule has 2 nitrogen and oxygen atoms in total. The van der Waals surface area contributed by atoms with Crippen molar-refractivity contribution in [2.24, 2.45) is 0 Å². The van der Waals surface area contributed by atoms with Gasteiger partial charge in [0.1, 0.15) is 0 Å². The minimum atomic E-state index is 0.782. The van der Waals surface area contributed by atoms with Gasteiger partial charge < -0.3 is 5.32 Å². The molecule has 1 N–H and O–H groups in total. The van der Waals surface area contributed by atoms with E-state index in [1.165, 1.54) is 45.2 Å². The molecule has 0 amide bonds. The Kier molecular flexibility index (Phi) is 3.45. The van der Waals surface area contributed by atoms with Gasteiger partial charge in [-0.25, -0.2) is 0 Å². The number of likely N-dealkylation sites (tertiary alicyclic amines) is 1. The number of hydrogen-bond donors (Lipinski definition) is 1. The highest BCUT2D eigenvalue weighted by Crippen LogP contribution is 2.26. The molecule has 0 spiro atoms. The number of rotatable bonds is 3. The van der Waals surface area contributed by atoms with Crippen molar-refractivity contribution in [2.45, 2.75) is 64.1 Å². The molecule has 0 aromatic rings. The first-order valence-corrected chi connectivity index (χ1v) is 6.30. The van der Waals surface area contributed by atoms with Crippen LogP contribution in [0.15, 0.2) is 0 Å². The van der Waals surface area contributed by atoms with Crippen LogP contribution < -0.4 is 5.32 Å². The molecular formula is C12H24N2. The SMILES string of the molecule is CCC1CCC(C)N1CC1CCCN1. The Hall–Kier alpha value is -0.0800. The summed E-state index contributed by atoms with van der Waals surface area (Å²) in [5, 5.41) is 3.61. The van der Waals surface area contributed by atoms with Crippen LogP contribution in [0.1, 0.15) is 46.0 Å². The van der Waals surface area contributed by atoms with E-state index in [4.69, 9.17) is 0 Å². The summed E-state index contributed by atoms with van der Waals surface area (Å²) in [7, 11) is 0. The van der Waals surface area contributed by atoms with E-state index in [1.807, 2.05) is 0 Å². The molecule has 0 saturated carbocycles. The average molecular weight is 196 g/mol. The molecule has 0 aromatic heterocycles. The Balaban J connectivity index is 1.87. The largest absolute Gasteiger partial charge is 0.313 e. The predicted octanol–water partition coefficient (Wildman–Crippen LogP) is 2.00. The molecule has 2 saturated heterocycles. The van der Waals surface area contributed by atoms with Crippen LogP contribution in [0, 0.1) is 0 Å². The van der Waals surface area contributed by atoms with Gasteiger partial charge in [-0.3, -0.25) is 4.90 Å². The summed E-state index contributed by atoms with van der Waals surface area (Å²) >= 11 is 0. The molecule has 2 heteroatoms. The Morgan fingerprint density at radius 1 is 1.29 bits per heavy atom. The highest BCUT2D eigenvalue weighted by molar-refractivity contribution is 4.88. The van der Waals surface area contributed by atoms with E-state index < -0.39 is 0 Å². The van der Waals surface area contributed by atoms with Crippen molar-refractivity contribution < 1.29 is 0 Å². The summed E-state index contributed by atoms with van der Waals surface area (Å²) < 4.78 is 0. The second-order valence-corrected chi connectivity index (χ2v) is 4.98. The molecule has 3 unspecified atom stereocenters. The van der Waals surface area contributed by atoms with E-state index in [1.54, 1.807) is 0 Å². The van der Waals surface area contributed by atoms with Gasteiger partial charge in [-0.2, -0.15) is 0 Å². The lowest BCUT2D eigenvalue weighted by molar-refractivity contribution is 0.181. The molecule has 0 aromatic carbocycles. The predicted molar refractivity (Wildman–Crippen MR) is 60.5 cm³/mol. The zero-order valence-electron chi connectivity index (χ0n) is 9.63. The topological polar surface area (TPSA) is 15.3 Å². The van der Waals surface area contributed by atoms with Crippen LogP contribution in [0.4, 0.5) is 0 Å². The van der Waals surface area contributed by atoms with Crippen molar-refractivity contribution in [3.05, 3.63) is 0 Å². The van der Waals surface area contributed by atoms with Crippen LogP contribution in [0.5, 0.6) is 0 Å². The van der Waals surface area contributed by atoms with Gasteiger partial charge in [0.15, 0.2) is 0 Å². The van der Waals surface area contributed by atoms with Crippen molar-refractivity contribution in [1.29, 1.82) is 0 Å². The first kappa shape index (κ1) is 10.4. The lowest BCUT2D eigenvalue weighted by Gasteiger charge is -2.30. The van der Waals surface area contributed by atoms with E-state index >= 15 is 0 Å². The molecule has 3 atom stereocenters. The first-order valence-electron chi connectivity index (χ1n) is 6.30. The van der Waals surface area contributed by atoms with Gasteiger partial charge in [-0.15, -0.1) is 0 Å². The molecule has 2 heterocycles. The summed E-state index contributed by atoms with van der Waals surface area (Å²) in [4.78, 5) is 2.74. The summed E-state index contributed by atoms with van der Waals surface area (Å²) in [6.45, 7) is 7.26. The van der Waals surface area contributed by atoms with Crippen molar-refractivity contribution in [2.75, 3.05) is 13.1 Å². The molecule has 0 radical (unpaired) electrons. The van der Waals surface area contributed by atoms with Gasteiger partial charge in [-0.1, -0.05) is 6.92 Å². The quantitative estimate of drug-likeness (QED) is 0.743. The minimum absolute atomic E-state index is 0.782. The van der Waals surface area contributed by atoms with Gasteiger partial charge in [0, 0.05) is 24.7 Å². The zero-order valence-corrected chi connectivity index (χ0v) is 9.63. The van der Waals surface area contributed by atoms with Gasteiger partial charge in [0.05, 0.1) is 0 Å². The lowest BCUT2D eigenvalue weighted by atomic mass is 10.1. The smallest absolute Gasteiger partial charge is 0.0195 e. The maximum absolute atomic E-state index is 3.61. The van der Waals surface area contributed by atoms with Crippen LogP contribution >= 0.6 is 0 Å². The van der Waals surface area contributed by atoms with Gasteiger partial charge in [-0.05, 0) is 45.6 Å². The first-order chi connectivity index (χ1) is 6.81.